The van der Waals surface area contributed by atoms with Crippen molar-refractivity contribution in [1.82, 2.24) is 0 Å². The van der Waals surface area contributed by atoms with E-state index in [1.807, 2.05) is 0 Å². The molecule has 0 rings (SSSR count). The smallest absolute Gasteiger partial charge is 0.316 e. The zero-order valence-corrected chi connectivity index (χ0v) is 15.6. The zero-order chi connectivity index (χ0) is 15.6. The molecule has 3 heteroatoms. The second-order valence-corrected chi connectivity index (χ2v) is 6.51. The van der Waals surface area contributed by atoms with Gasteiger partial charge in [0.2, 0.25) is 0 Å². The first-order valence-electron chi connectivity index (χ1n) is 9.02. The topological polar surface area (TPSA) is 26.3 Å². The van der Waals surface area contributed by atoms with Crippen molar-refractivity contribution in [3.05, 3.63) is 0 Å². The Morgan fingerprint density at radius 1 is 0.714 bits per heavy atom. The van der Waals surface area contributed by atoms with Gasteiger partial charge >= 0.3 is 5.97 Å². The van der Waals surface area contributed by atoms with E-state index in [1.165, 1.54) is 83.5 Å². The molecule has 0 aliphatic carbocycles. The van der Waals surface area contributed by atoms with E-state index in [9.17, 15) is 4.79 Å². The molecule has 0 atom stereocenters. The van der Waals surface area contributed by atoms with Gasteiger partial charge in [0.15, 0.2) is 0 Å². The minimum atomic E-state index is -0.148. The van der Waals surface area contributed by atoms with E-state index in [1.54, 1.807) is 0 Å². The summed E-state index contributed by atoms with van der Waals surface area (Å²) in [5.41, 5.74) is 0. The fourth-order valence-corrected chi connectivity index (χ4v) is 2.68. The van der Waals surface area contributed by atoms with Gasteiger partial charge in [-0.3, -0.25) is 4.79 Å². The lowest BCUT2D eigenvalue weighted by molar-refractivity contribution is -0.140. The normalized spacial score (nSPS) is 10.8. The highest BCUT2D eigenvalue weighted by Crippen LogP contribution is 2.12. The monoisotopic (exact) mass is 364 g/mol. The third-order valence-electron chi connectivity index (χ3n) is 3.87. The molecule has 0 spiro atoms. The van der Waals surface area contributed by atoms with Crippen molar-refractivity contribution >= 4 is 21.9 Å². The number of carbonyl (C=O) groups excluding carboxylic acids is 1. The van der Waals surface area contributed by atoms with Gasteiger partial charge in [0.25, 0.3) is 0 Å². The molecule has 0 bridgehead atoms. The number of esters is 1. The number of hydrogen-bond donors (Lipinski definition) is 0. The molecule has 0 unspecified atom stereocenters. The summed E-state index contributed by atoms with van der Waals surface area (Å²) in [7, 11) is 0. The van der Waals surface area contributed by atoms with E-state index in [0.717, 1.165) is 6.42 Å². The summed E-state index contributed by atoms with van der Waals surface area (Å²) in [6, 6.07) is 0. The SMILES string of the molecule is CCCCCCCCCCCCCCCCO[13C](=O)[13CH2]Br. The van der Waals surface area contributed by atoms with Crippen molar-refractivity contribution in [3.8, 4) is 0 Å². The minimum Gasteiger partial charge on any atom is -0.465 e. The summed E-state index contributed by atoms with van der Waals surface area (Å²) in [4.78, 5) is 10.9. The van der Waals surface area contributed by atoms with Crippen LogP contribution in [0.15, 0.2) is 0 Å². The molecule has 0 saturated carbocycles. The Morgan fingerprint density at radius 3 is 1.48 bits per heavy atom. The highest BCUT2D eigenvalue weighted by molar-refractivity contribution is 9.09. The molecular weight excluding hydrogens is 330 g/mol. The Balaban J connectivity index is 2.98. The summed E-state index contributed by atoms with van der Waals surface area (Å²) in [5, 5.41) is 0.311. The zero-order valence-electron chi connectivity index (χ0n) is 14.0. The average molecular weight is 365 g/mol. The number of unbranched alkanes of at least 4 members (excludes halogenated alkanes) is 13. The molecule has 0 aromatic heterocycles. The quantitative estimate of drug-likeness (QED) is 0.137. The number of ether oxygens (including phenoxy) is 1. The molecule has 2 nitrogen and oxygen atoms in total. The maximum absolute atomic E-state index is 10.9. The lowest BCUT2D eigenvalue weighted by Gasteiger charge is -2.04. The van der Waals surface area contributed by atoms with Gasteiger partial charge in [-0.15, -0.1) is 0 Å². The third kappa shape index (κ3) is 17.9. The Hall–Kier alpha value is -0.0500. The van der Waals surface area contributed by atoms with Crippen molar-refractivity contribution in [2.24, 2.45) is 0 Å². The Kier molecular flexibility index (Phi) is 18.0. The van der Waals surface area contributed by atoms with Gasteiger partial charge in [-0.2, -0.15) is 0 Å². The molecule has 0 aliphatic heterocycles. The third-order valence-corrected chi connectivity index (χ3v) is 4.33. The van der Waals surface area contributed by atoms with Crippen LogP contribution in [-0.4, -0.2) is 17.9 Å². The van der Waals surface area contributed by atoms with Crippen molar-refractivity contribution < 1.29 is 9.53 Å². The number of hydrogen-bond acceptors (Lipinski definition) is 2. The van der Waals surface area contributed by atoms with Crippen LogP contribution in [0.2, 0.25) is 0 Å². The van der Waals surface area contributed by atoms with Crippen LogP contribution in [0.5, 0.6) is 0 Å². The van der Waals surface area contributed by atoms with Crippen LogP contribution in [0.3, 0.4) is 0 Å². The average Bonchev–Trinajstić information content (AvgIpc) is 2.50. The second kappa shape index (κ2) is 18.0. The molecule has 0 saturated heterocycles. The van der Waals surface area contributed by atoms with Crippen molar-refractivity contribution in [3.63, 3.8) is 0 Å². The molecule has 21 heavy (non-hydrogen) atoms. The Labute approximate surface area is 140 Å². The van der Waals surface area contributed by atoms with Crippen molar-refractivity contribution in [2.75, 3.05) is 11.9 Å². The molecular formula is C18H35BrO2. The van der Waals surface area contributed by atoms with Crippen LogP contribution in [0.1, 0.15) is 96.8 Å². The van der Waals surface area contributed by atoms with Crippen LogP contribution in [0.4, 0.5) is 0 Å². The van der Waals surface area contributed by atoms with Crippen molar-refractivity contribution in [1.29, 1.82) is 0 Å². The summed E-state index contributed by atoms with van der Waals surface area (Å²) in [5.74, 6) is -0.148. The summed E-state index contributed by atoms with van der Waals surface area (Å²) >= 11 is 3.08. The standard InChI is InChI=1S/C18H35BrO2/c1-2-3-4-5-6-7-8-9-10-11-12-13-14-15-16-21-18(20)17-19/h2-17H2,1H3/i17+1,18+1. The van der Waals surface area contributed by atoms with E-state index in [4.69, 9.17) is 4.74 Å². The van der Waals surface area contributed by atoms with Gasteiger partial charge in [-0.1, -0.05) is 106 Å². The largest absolute Gasteiger partial charge is 0.465 e. The molecule has 0 radical (unpaired) electrons. The number of alkyl halides is 1. The van der Waals surface area contributed by atoms with E-state index < -0.39 is 0 Å². The fraction of sp³-hybridized carbons (Fsp3) is 0.944. The lowest BCUT2D eigenvalue weighted by atomic mass is 10.0. The van der Waals surface area contributed by atoms with Gasteiger partial charge in [0.05, 0.1) is 6.61 Å². The Morgan fingerprint density at radius 2 is 1.10 bits per heavy atom. The Bertz CT molecular complexity index is 219. The first-order chi connectivity index (χ1) is 10.3. The van der Waals surface area contributed by atoms with Gasteiger partial charge in [-0.25, -0.2) is 0 Å². The summed E-state index contributed by atoms with van der Waals surface area (Å²) in [6.45, 7) is 2.86. The number of halogens is 1. The molecule has 0 amide bonds. The first kappa shape index (κ1) is 20.9. The van der Waals surface area contributed by atoms with Gasteiger partial charge in [0, 0.05) is 0 Å². The van der Waals surface area contributed by atoms with Crippen LogP contribution < -0.4 is 0 Å². The maximum atomic E-state index is 10.9. The van der Waals surface area contributed by atoms with Crippen LogP contribution in [0, 0.1) is 0 Å². The molecule has 0 heterocycles. The van der Waals surface area contributed by atoms with Crippen LogP contribution >= 0.6 is 15.9 Å². The number of carbonyl (C=O) groups is 1. The van der Waals surface area contributed by atoms with Gasteiger partial charge in [-0.05, 0) is 6.42 Å². The fourth-order valence-electron chi connectivity index (χ4n) is 2.52. The highest BCUT2D eigenvalue weighted by Gasteiger charge is 1.98. The van der Waals surface area contributed by atoms with Gasteiger partial charge in [0.1, 0.15) is 5.33 Å². The molecule has 0 aliphatic rings. The molecule has 126 valence electrons. The predicted molar refractivity (Wildman–Crippen MR) is 95.1 cm³/mol. The second-order valence-electron chi connectivity index (χ2n) is 5.95. The summed E-state index contributed by atoms with van der Waals surface area (Å²) < 4.78 is 5.01. The van der Waals surface area contributed by atoms with E-state index in [0.29, 0.717) is 11.9 Å². The highest BCUT2D eigenvalue weighted by atomic mass is 79.9. The number of rotatable bonds is 16. The lowest BCUT2D eigenvalue weighted by Crippen LogP contribution is -2.06. The molecule has 0 N–H and O–H groups in total. The molecule has 0 fully saturated rings. The van der Waals surface area contributed by atoms with Crippen LogP contribution in [0.25, 0.3) is 0 Å². The predicted octanol–water partition coefficient (Wildman–Crippen LogP) is 6.41. The minimum absolute atomic E-state index is 0.148. The first-order valence-corrected chi connectivity index (χ1v) is 10.1. The maximum Gasteiger partial charge on any atom is 0.316 e. The van der Waals surface area contributed by atoms with Gasteiger partial charge < -0.3 is 4.74 Å². The van der Waals surface area contributed by atoms with E-state index >= 15 is 0 Å². The van der Waals surface area contributed by atoms with E-state index in [-0.39, 0.29) is 5.97 Å². The van der Waals surface area contributed by atoms with Crippen LogP contribution in [-0.2, 0) is 9.53 Å². The van der Waals surface area contributed by atoms with E-state index in [2.05, 4.69) is 22.9 Å². The van der Waals surface area contributed by atoms with Crippen molar-refractivity contribution in [2.45, 2.75) is 96.8 Å². The molecule has 0 aromatic rings. The summed E-state index contributed by atoms with van der Waals surface area (Å²) in [6.07, 6.45) is 18.9. The molecule has 0 aromatic carbocycles.